The largest absolute Gasteiger partial charge is 0.388 e. The standard InChI is InChI=1S/C14H23NO/c1-10(2)15-8-7-14(16)13-6-5-11(3)9-12(13)4/h5-6,9-10,14-16H,7-8H2,1-4H3. The van der Waals surface area contributed by atoms with Gasteiger partial charge in [-0.3, -0.25) is 0 Å². The molecular weight excluding hydrogens is 198 g/mol. The molecule has 16 heavy (non-hydrogen) atoms. The fourth-order valence-electron chi connectivity index (χ4n) is 1.86. The zero-order chi connectivity index (χ0) is 12.1. The number of nitrogens with one attached hydrogen (secondary N) is 1. The van der Waals surface area contributed by atoms with Crippen molar-refractivity contribution >= 4 is 0 Å². The predicted octanol–water partition coefficient (Wildman–Crippen LogP) is 2.72. The fourth-order valence-corrected chi connectivity index (χ4v) is 1.86. The quantitative estimate of drug-likeness (QED) is 0.801. The summed E-state index contributed by atoms with van der Waals surface area (Å²) in [7, 11) is 0. The Morgan fingerprint density at radius 2 is 1.94 bits per heavy atom. The van der Waals surface area contributed by atoms with E-state index in [0.29, 0.717) is 6.04 Å². The Morgan fingerprint density at radius 3 is 2.50 bits per heavy atom. The lowest BCUT2D eigenvalue weighted by molar-refractivity contribution is 0.165. The monoisotopic (exact) mass is 221 g/mol. The molecule has 1 aromatic carbocycles. The fraction of sp³-hybridized carbons (Fsp3) is 0.571. The SMILES string of the molecule is Cc1ccc(C(O)CCNC(C)C)c(C)c1. The number of benzene rings is 1. The van der Waals surface area contributed by atoms with Gasteiger partial charge in [-0.25, -0.2) is 0 Å². The Morgan fingerprint density at radius 1 is 1.25 bits per heavy atom. The summed E-state index contributed by atoms with van der Waals surface area (Å²) in [6, 6.07) is 6.69. The summed E-state index contributed by atoms with van der Waals surface area (Å²) in [5.41, 5.74) is 3.47. The van der Waals surface area contributed by atoms with Crippen LogP contribution in [-0.2, 0) is 0 Å². The van der Waals surface area contributed by atoms with Gasteiger partial charge in [0.15, 0.2) is 0 Å². The van der Waals surface area contributed by atoms with E-state index >= 15 is 0 Å². The van der Waals surface area contributed by atoms with Crippen LogP contribution in [-0.4, -0.2) is 17.7 Å². The van der Waals surface area contributed by atoms with Crippen molar-refractivity contribution in [1.82, 2.24) is 5.32 Å². The highest BCUT2D eigenvalue weighted by Crippen LogP contribution is 2.21. The van der Waals surface area contributed by atoms with Gasteiger partial charge in [-0.05, 0) is 37.9 Å². The average molecular weight is 221 g/mol. The van der Waals surface area contributed by atoms with Gasteiger partial charge in [0.1, 0.15) is 0 Å². The topological polar surface area (TPSA) is 32.3 Å². The van der Waals surface area contributed by atoms with E-state index in [0.717, 1.165) is 18.5 Å². The molecule has 0 bridgehead atoms. The van der Waals surface area contributed by atoms with Crippen molar-refractivity contribution in [3.05, 3.63) is 34.9 Å². The molecule has 2 nitrogen and oxygen atoms in total. The van der Waals surface area contributed by atoms with Crippen molar-refractivity contribution in [3.63, 3.8) is 0 Å². The maximum absolute atomic E-state index is 10.1. The summed E-state index contributed by atoms with van der Waals surface area (Å²) < 4.78 is 0. The number of aliphatic hydroxyl groups excluding tert-OH is 1. The Kier molecular flexibility index (Phi) is 4.97. The zero-order valence-corrected chi connectivity index (χ0v) is 10.7. The first-order valence-corrected chi connectivity index (χ1v) is 5.99. The average Bonchev–Trinajstić information content (AvgIpc) is 2.16. The van der Waals surface area contributed by atoms with Crippen molar-refractivity contribution in [3.8, 4) is 0 Å². The van der Waals surface area contributed by atoms with Crippen LogP contribution in [0.15, 0.2) is 18.2 Å². The van der Waals surface area contributed by atoms with Crippen LogP contribution >= 0.6 is 0 Å². The van der Waals surface area contributed by atoms with E-state index < -0.39 is 0 Å². The second-order valence-corrected chi connectivity index (χ2v) is 4.77. The summed E-state index contributed by atoms with van der Waals surface area (Å²) in [4.78, 5) is 0. The molecule has 1 atom stereocenters. The van der Waals surface area contributed by atoms with Crippen molar-refractivity contribution in [2.75, 3.05) is 6.54 Å². The van der Waals surface area contributed by atoms with E-state index in [9.17, 15) is 5.11 Å². The molecule has 2 N–H and O–H groups in total. The summed E-state index contributed by atoms with van der Waals surface area (Å²) in [6.07, 6.45) is 0.411. The number of rotatable bonds is 5. The van der Waals surface area contributed by atoms with Crippen molar-refractivity contribution in [2.24, 2.45) is 0 Å². The maximum Gasteiger partial charge on any atom is 0.0804 e. The van der Waals surface area contributed by atoms with Crippen LogP contribution < -0.4 is 5.32 Å². The smallest absolute Gasteiger partial charge is 0.0804 e. The van der Waals surface area contributed by atoms with Crippen molar-refractivity contribution in [1.29, 1.82) is 0 Å². The molecule has 0 spiro atoms. The Bertz CT molecular complexity index is 334. The van der Waals surface area contributed by atoms with E-state index in [4.69, 9.17) is 0 Å². The van der Waals surface area contributed by atoms with Crippen LogP contribution in [0.5, 0.6) is 0 Å². The van der Waals surface area contributed by atoms with E-state index in [1.807, 2.05) is 6.07 Å². The second-order valence-electron chi connectivity index (χ2n) is 4.77. The highest BCUT2D eigenvalue weighted by Gasteiger charge is 2.09. The molecular formula is C14H23NO. The molecule has 0 saturated carbocycles. The molecule has 0 fully saturated rings. The molecule has 0 aromatic heterocycles. The predicted molar refractivity (Wildman–Crippen MR) is 68.6 cm³/mol. The molecule has 0 saturated heterocycles. The summed E-state index contributed by atoms with van der Waals surface area (Å²) in [5.74, 6) is 0. The van der Waals surface area contributed by atoms with Gasteiger partial charge >= 0.3 is 0 Å². The van der Waals surface area contributed by atoms with Gasteiger partial charge in [0.05, 0.1) is 6.10 Å². The third kappa shape index (κ3) is 3.95. The number of hydrogen-bond acceptors (Lipinski definition) is 2. The molecule has 0 aliphatic carbocycles. The van der Waals surface area contributed by atoms with Crippen LogP contribution in [0.25, 0.3) is 0 Å². The van der Waals surface area contributed by atoms with Gasteiger partial charge in [0.2, 0.25) is 0 Å². The molecule has 2 heteroatoms. The number of hydrogen-bond donors (Lipinski definition) is 2. The summed E-state index contributed by atoms with van der Waals surface area (Å²) in [6.45, 7) is 9.21. The molecule has 1 unspecified atom stereocenters. The normalized spacial score (nSPS) is 13.1. The second kappa shape index (κ2) is 6.02. The van der Waals surface area contributed by atoms with Gasteiger partial charge in [-0.1, -0.05) is 37.6 Å². The summed E-state index contributed by atoms with van der Waals surface area (Å²) >= 11 is 0. The number of aryl methyl sites for hydroxylation is 2. The summed E-state index contributed by atoms with van der Waals surface area (Å²) in [5, 5.41) is 13.4. The third-order valence-corrected chi connectivity index (χ3v) is 2.75. The Labute approximate surface area is 98.7 Å². The van der Waals surface area contributed by atoms with Gasteiger partial charge < -0.3 is 10.4 Å². The van der Waals surface area contributed by atoms with Gasteiger partial charge in [-0.2, -0.15) is 0 Å². The third-order valence-electron chi connectivity index (χ3n) is 2.75. The van der Waals surface area contributed by atoms with Gasteiger partial charge in [0, 0.05) is 6.04 Å². The highest BCUT2D eigenvalue weighted by atomic mass is 16.3. The minimum Gasteiger partial charge on any atom is -0.388 e. The first-order chi connectivity index (χ1) is 7.50. The zero-order valence-electron chi connectivity index (χ0n) is 10.7. The minimum absolute atomic E-state index is 0.355. The van der Waals surface area contributed by atoms with Crippen LogP contribution in [0.4, 0.5) is 0 Å². The molecule has 1 rings (SSSR count). The molecule has 90 valence electrons. The molecule has 0 amide bonds. The lowest BCUT2D eigenvalue weighted by atomic mass is 9.99. The lowest BCUT2D eigenvalue weighted by Crippen LogP contribution is -2.25. The lowest BCUT2D eigenvalue weighted by Gasteiger charge is -2.15. The maximum atomic E-state index is 10.1. The van der Waals surface area contributed by atoms with Crippen LogP contribution in [0.2, 0.25) is 0 Å². The first-order valence-electron chi connectivity index (χ1n) is 5.99. The Balaban J connectivity index is 2.55. The van der Waals surface area contributed by atoms with Crippen LogP contribution in [0.3, 0.4) is 0 Å². The van der Waals surface area contributed by atoms with Crippen LogP contribution in [0.1, 0.15) is 43.1 Å². The molecule has 0 aliphatic rings. The molecule has 0 radical (unpaired) electrons. The van der Waals surface area contributed by atoms with Crippen molar-refractivity contribution < 1.29 is 5.11 Å². The van der Waals surface area contributed by atoms with Crippen molar-refractivity contribution in [2.45, 2.75) is 46.3 Å². The van der Waals surface area contributed by atoms with Crippen LogP contribution in [0, 0.1) is 13.8 Å². The Hall–Kier alpha value is -0.860. The molecule has 0 aliphatic heterocycles. The first kappa shape index (κ1) is 13.2. The van der Waals surface area contributed by atoms with E-state index in [1.54, 1.807) is 0 Å². The minimum atomic E-state index is -0.355. The molecule has 1 aromatic rings. The van der Waals surface area contributed by atoms with E-state index in [2.05, 4.69) is 45.1 Å². The van der Waals surface area contributed by atoms with Gasteiger partial charge in [-0.15, -0.1) is 0 Å². The van der Waals surface area contributed by atoms with Gasteiger partial charge in [0.25, 0.3) is 0 Å². The van der Waals surface area contributed by atoms with E-state index in [-0.39, 0.29) is 6.10 Å². The van der Waals surface area contributed by atoms with E-state index in [1.165, 1.54) is 11.1 Å². The number of aliphatic hydroxyl groups is 1. The highest BCUT2D eigenvalue weighted by molar-refractivity contribution is 5.31. The molecule has 0 heterocycles.